The van der Waals surface area contributed by atoms with Crippen molar-refractivity contribution in [2.24, 2.45) is 0 Å². The molecule has 72 valence electrons. The van der Waals surface area contributed by atoms with E-state index in [1.54, 1.807) is 0 Å². The van der Waals surface area contributed by atoms with Gasteiger partial charge >= 0.3 is 5.69 Å². The molecule has 0 aliphatic carbocycles. The highest BCUT2D eigenvalue weighted by molar-refractivity contribution is 14.1. The number of aldehydes is 1. The maximum atomic E-state index is 10.4. The van der Waals surface area contributed by atoms with Gasteiger partial charge in [-0.05, 0) is 22.6 Å². The number of carbonyl (C=O) groups excluding carboxylic acids is 1. The highest BCUT2D eigenvalue weighted by Crippen LogP contribution is 2.05. The molecule has 1 aromatic heterocycles. The van der Waals surface area contributed by atoms with Crippen molar-refractivity contribution in [3.8, 4) is 0 Å². The molecule has 7 heteroatoms. The number of rotatable bonds is 1. The smallest absolute Gasteiger partial charge is 0.346 e. The zero-order chi connectivity index (χ0) is 10.3. The molecule has 1 heterocycles. The van der Waals surface area contributed by atoms with E-state index in [4.69, 9.17) is 15.6 Å². The normalized spacial score (nSPS) is 8.46. The number of nitrogens with zero attached hydrogens (tertiary/aromatic N) is 1. The van der Waals surface area contributed by atoms with Crippen LogP contribution in [0.25, 0.3) is 0 Å². The lowest BCUT2D eigenvalue weighted by molar-refractivity contribution is -0.110. The summed E-state index contributed by atoms with van der Waals surface area (Å²) >= 11 is 1.98. The lowest BCUT2D eigenvalue weighted by atomic mass is 10.6. The van der Waals surface area contributed by atoms with Crippen LogP contribution in [-0.4, -0.2) is 28.0 Å². The average Bonchev–Trinajstić information content (AvgIpc) is 2.12. The van der Waals surface area contributed by atoms with Crippen molar-refractivity contribution in [2.75, 3.05) is 12.3 Å². The van der Waals surface area contributed by atoms with Crippen LogP contribution in [-0.2, 0) is 4.79 Å². The number of hydrogen-bond acceptors (Lipinski definition) is 5. The number of nitrogen functional groups attached to an aromatic ring is 1. The molecule has 0 spiro atoms. The third-order valence-corrected chi connectivity index (χ3v) is 1.73. The summed E-state index contributed by atoms with van der Waals surface area (Å²) < 4.78 is 0.757. The molecule has 0 radical (unpaired) electrons. The van der Waals surface area contributed by atoms with E-state index in [1.165, 1.54) is 6.20 Å². The maximum Gasteiger partial charge on any atom is 0.346 e. The van der Waals surface area contributed by atoms with Gasteiger partial charge in [0.25, 0.3) is 0 Å². The average molecular weight is 297 g/mol. The number of aliphatic hydroxyl groups excluding tert-OH is 1. The Morgan fingerprint density at radius 3 is 2.62 bits per heavy atom. The lowest BCUT2D eigenvalue weighted by Gasteiger charge is -1.91. The SMILES string of the molecule is Nc1[nH]c(=O)ncc1I.O=CCO. The van der Waals surface area contributed by atoms with Gasteiger partial charge in [0, 0.05) is 6.20 Å². The second-order valence-corrected chi connectivity index (χ2v) is 2.96. The molecule has 0 amide bonds. The Morgan fingerprint density at radius 2 is 2.31 bits per heavy atom. The molecule has 1 rings (SSSR count). The molecule has 0 bridgehead atoms. The van der Waals surface area contributed by atoms with Crippen LogP contribution >= 0.6 is 22.6 Å². The number of nitrogens with two attached hydrogens (primary N) is 1. The van der Waals surface area contributed by atoms with Crippen LogP contribution in [0.4, 0.5) is 5.82 Å². The van der Waals surface area contributed by atoms with Crippen LogP contribution in [0.1, 0.15) is 0 Å². The summed E-state index contributed by atoms with van der Waals surface area (Å²) in [6, 6.07) is 0. The standard InChI is InChI=1S/C4H4IN3O.C2H4O2/c5-2-1-7-4(9)8-3(2)6;3-1-2-4/h1H,(H3,6,7,8,9);1,4H,2H2. The number of aromatic nitrogens is 2. The molecule has 0 aliphatic rings. The molecule has 4 N–H and O–H groups in total. The molecular weight excluding hydrogens is 289 g/mol. The first-order chi connectivity index (χ1) is 6.11. The summed E-state index contributed by atoms with van der Waals surface area (Å²) in [5, 5.41) is 7.51. The molecule has 0 aliphatic heterocycles. The minimum absolute atomic E-state index is 0.361. The van der Waals surface area contributed by atoms with Crippen LogP contribution in [0.15, 0.2) is 11.0 Å². The van der Waals surface area contributed by atoms with Crippen molar-refractivity contribution < 1.29 is 9.90 Å². The Balaban J connectivity index is 0.000000310. The van der Waals surface area contributed by atoms with Crippen LogP contribution in [0.2, 0.25) is 0 Å². The number of nitrogens with one attached hydrogen (secondary N) is 1. The molecule has 6 nitrogen and oxygen atoms in total. The predicted molar refractivity (Wildman–Crippen MR) is 55.1 cm³/mol. The van der Waals surface area contributed by atoms with Crippen LogP contribution in [0.5, 0.6) is 0 Å². The maximum absolute atomic E-state index is 10.4. The Kier molecular flexibility index (Phi) is 6.06. The van der Waals surface area contributed by atoms with Gasteiger partial charge in [-0.25, -0.2) is 9.78 Å². The fourth-order valence-electron chi connectivity index (χ4n) is 0.392. The summed E-state index contributed by atoms with van der Waals surface area (Å²) in [7, 11) is 0. The van der Waals surface area contributed by atoms with E-state index in [9.17, 15) is 4.79 Å². The van der Waals surface area contributed by atoms with E-state index >= 15 is 0 Å². The molecular formula is C6H8IN3O3. The molecule has 0 aromatic carbocycles. The van der Waals surface area contributed by atoms with Gasteiger partial charge in [-0.3, -0.25) is 4.98 Å². The first kappa shape index (κ1) is 12.0. The number of H-pyrrole nitrogens is 1. The molecule has 0 unspecified atom stereocenters. The van der Waals surface area contributed by atoms with Gasteiger partial charge in [0.2, 0.25) is 0 Å². The summed E-state index contributed by atoms with van der Waals surface area (Å²) in [6.07, 6.45) is 1.86. The highest BCUT2D eigenvalue weighted by Gasteiger charge is 1.92. The van der Waals surface area contributed by atoms with E-state index < -0.39 is 5.69 Å². The van der Waals surface area contributed by atoms with Crippen molar-refractivity contribution in [2.45, 2.75) is 0 Å². The summed E-state index contributed by atoms with van der Waals surface area (Å²) in [5.74, 6) is 0.371. The largest absolute Gasteiger partial charge is 0.389 e. The van der Waals surface area contributed by atoms with Gasteiger partial charge in [0.05, 0.1) is 10.2 Å². The van der Waals surface area contributed by atoms with E-state index in [0.717, 1.165) is 3.57 Å². The first-order valence-electron chi connectivity index (χ1n) is 3.16. The minimum atomic E-state index is -0.409. The molecule has 0 saturated carbocycles. The fraction of sp³-hybridized carbons (Fsp3) is 0.167. The molecule has 0 atom stereocenters. The Bertz CT molecular complexity index is 325. The monoisotopic (exact) mass is 297 g/mol. The van der Waals surface area contributed by atoms with E-state index in [2.05, 4.69) is 9.97 Å². The van der Waals surface area contributed by atoms with Crippen LogP contribution in [0, 0.1) is 3.57 Å². The highest BCUT2D eigenvalue weighted by atomic mass is 127. The van der Waals surface area contributed by atoms with Crippen molar-refractivity contribution in [1.82, 2.24) is 9.97 Å². The molecule has 13 heavy (non-hydrogen) atoms. The van der Waals surface area contributed by atoms with E-state index in [1.807, 2.05) is 22.6 Å². The fourth-order valence-corrected chi connectivity index (χ4v) is 0.666. The summed E-state index contributed by atoms with van der Waals surface area (Å²) in [4.78, 5) is 25.1. The van der Waals surface area contributed by atoms with Crippen LogP contribution in [0.3, 0.4) is 0 Å². The number of anilines is 1. The number of aliphatic hydroxyl groups is 1. The zero-order valence-electron chi connectivity index (χ0n) is 6.53. The van der Waals surface area contributed by atoms with Gasteiger partial charge in [0.1, 0.15) is 12.1 Å². The third-order valence-electron chi connectivity index (χ3n) is 0.869. The van der Waals surface area contributed by atoms with E-state index in [0.29, 0.717) is 12.1 Å². The van der Waals surface area contributed by atoms with Gasteiger partial charge < -0.3 is 15.6 Å². The Morgan fingerprint density at radius 1 is 1.77 bits per heavy atom. The van der Waals surface area contributed by atoms with Crippen molar-refractivity contribution in [3.63, 3.8) is 0 Å². The first-order valence-corrected chi connectivity index (χ1v) is 4.24. The molecule has 0 saturated heterocycles. The van der Waals surface area contributed by atoms with Crippen molar-refractivity contribution in [3.05, 3.63) is 20.3 Å². The van der Waals surface area contributed by atoms with Gasteiger partial charge in [-0.1, -0.05) is 0 Å². The number of hydrogen-bond donors (Lipinski definition) is 3. The summed E-state index contributed by atoms with van der Waals surface area (Å²) in [6.45, 7) is -0.361. The minimum Gasteiger partial charge on any atom is -0.389 e. The number of aromatic amines is 1. The molecule has 1 aromatic rings. The quantitative estimate of drug-likeness (QED) is 0.461. The lowest BCUT2D eigenvalue weighted by Crippen LogP contribution is -2.12. The van der Waals surface area contributed by atoms with Gasteiger partial charge in [-0.15, -0.1) is 0 Å². The van der Waals surface area contributed by atoms with Gasteiger partial charge in [0.15, 0.2) is 0 Å². The predicted octanol–water partition coefficient (Wildman–Crippen LogP) is -0.866. The van der Waals surface area contributed by atoms with E-state index in [-0.39, 0.29) is 6.61 Å². The second-order valence-electron chi connectivity index (χ2n) is 1.80. The topological polar surface area (TPSA) is 109 Å². The molecule has 0 fully saturated rings. The van der Waals surface area contributed by atoms with Crippen molar-refractivity contribution >= 4 is 34.7 Å². The number of halogens is 1. The van der Waals surface area contributed by atoms with Crippen molar-refractivity contribution in [1.29, 1.82) is 0 Å². The Hall–Kier alpha value is -0.960. The zero-order valence-corrected chi connectivity index (χ0v) is 8.69. The second kappa shape index (κ2) is 6.54. The van der Waals surface area contributed by atoms with Crippen LogP contribution < -0.4 is 11.4 Å². The van der Waals surface area contributed by atoms with Gasteiger partial charge in [-0.2, -0.15) is 0 Å². The third kappa shape index (κ3) is 5.31. The Labute approximate surface area is 87.3 Å². The number of carbonyl (C=O) groups is 1. The summed E-state index contributed by atoms with van der Waals surface area (Å²) in [5.41, 5.74) is 4.91.